The molecule has 1 aliphatic rings. The minimum atomic E-state index is -0.270. The highest BCUT2D eigenvalue weighted by molar-refractivity contribution is 5.76. The zero-order chi connectivity index (χ0) is 18.2. The van der Waals surface area contributed by atoms with Crippen LogP contribution in [0.15, 0.2) is 54.6 Å². The zero-order valence-electron chi connectivity index (χ0n) is 15.2. The summed E-state index contributed by atoms with van der Waals surface area (Å²) in [5, 5.41) is 2.82. The molecule has 4 heteroatoms. The Morgan fingerprint density at radius 1 is 1.04 bits per heavy atom. The van der Waals surface area contributed by atoms with E-state index in [-0.39, 0.29) is 18.3 Å². The quantitative estimate of drug-likeness (QED) is 0.820. The van der Waals surface area contributed by atoms with Crippen molar-refractivity contribution in [1.29, 1.82) is 0 Å². The number of rotatable bonds is 7. The molecule has 2 aromatic carbocycles. The van der Waals surface area contributed by atoms with Crippen LogP contribution >= 0.6 is 0 Å². The van der Waals surface area contributed by atoms with E-state index in [9.17, 15) is 9.18 Å². The fourth-order valence-electron chi connectivity index (χ4n) is 3.55. The third-order valence-corrected chi connectivity index (χ3v) is 5.16. The first-order valence-electron chi connectivity index (χ1n) is 9.47. The fourth-order valence-corrected chi connectivity index (χ4v) is 3.55. The molecule has 1 heterocycles. The molecule has 0 saturated carbocycles. The molecule has 1 saturated heterocycles. The molecule has 1 N–H and O–H groups in total. The highest BCUT2D eigenvalue weighted by Crippen LogP contribution is 2.21. The van der Waals surface area contributed by atoms with E-state index in [4.69, 9.17) is 0 Å². The molecule has 0 unspecified atom stereocenters. The van der Waals surface area contributed by atoms with E-state index in [1.165, 1.54) is 24.5 Å². The summed E-state index contributed by atoms with van der Waals surface area (Å²) >= 11 is 0. The lowest BCUT2D eigenvalue weighted by Crippen LogP contribution is -2.37. The third kappa shape index (κ3) is 5.67. The lowest BCUT2D eigenvalue weighted by atomic mass is 9.90. The number of piperidine rings is 1. The number of carbonyl (C=O) groups excluding carboxylic acids is 1. The van der Waals surface area contributed by atoms with Crippen molar-refractivity contribution < 1.29 is 9.18 Å². The van der Waals surface area contributed by atoms with Crippen molar-refractivity contribution in [1.82, 2.24) is 10.2 Å². The predicted molar refractivity (Wildman–Crippen MR) is 102 cm³/mol. The van der Waals surface area contributed by atoms with Crippen LogP contribution < -0.4 is 5.32 Å². The summed E-state index contributed by atoms with van der Waals surface area (Å²) in [7, 11) is 0. The van der Waals surface area contributed by atoms with Crippen molar-refractivity contribution in [3.8, 4) is 0 Å². The third-order valence-electron chi connectivity index (χ3n) is 5.16. The first-order chi connectivity index (χ1) is 12.7. The van der Waals surface area contributed by atoms with Crippen LogP contribution in [0.25, 0.3) is 0 Å². The molecule has 26 heavy (non-hydrogen) atoms. The van der Waals surface area contributed by atoms with Gasteiger partial charge in [-0.2, -0.15) is 0 Å². The molecule has 0 spiro atoms. The van der Waals surface area contributed by atoms with Crippen LogP contribution in [0.5, 0.6) is 0 Å². The van der Waals surface area contributed by atoms with E-state index in [0.717, 1.165) is 32.0 Å². The number of hydrogen-bond acceptors (Lipinski definition) is 2. The monoisotopic (exact) mass is 354 g/mol. The summed E-state index contributed by atoms with van der Waals surface area (Å²) in [5.74, 6) is 0.455. The molecule has 1 aliphatic heterocycles. The Morgan fingerprint density at radius 3 is 2.46 bits per heavy atom. The molecule has 138 valence electrons. The SMILES string of the molecule is O=C(CCN1CCC(Cc2ccccc2)CC1)NCc1ccccc1F. The van der Waals surface area contributed by atoms with Gasteiger partial charge < -0.3 is 10.2 Å². The highest BCUT2D eigenvalue weighted by Gasteiger charge is 2.19. The lowest BCUT2D eigenvalue weighted by molar-refractivity contribution is -0.121. The number of benzene rings is 2. The van der Waals surface area contributed by atoms with Crippen molar-refractivity contribution in [2.24, 2.45) is 5.92 Å². The van der Waals surface area contributed by atoms with Crippen molar-refractivity contribution in [2.75, 3.05) is 19.6 Å². The Balaban J connectivity index is 1.33. The van der Waals surface area contributed by atoms with Gasteiger partial charge in [-0.3, -0.25) is 4.79 Å². The molecule has 1 fully saturated rings. The molecule has 0 atom stereocenters. The molecule has 3 nitrogen and oxygen atoms in total. The largest absolute Gasteiger partial charge is 0.352 e. The summed E-state index contributed by atoms with van der Waals surface area (Å²) in [5.41, 5.74) is 1.95. The number of halogens is 1. The van der Waals surface area contributed by atoms with Crippen LogP contribution in [0.1, 0.15) is 30.4 Å². The van der Waals surface area contributed by atoms with Crippen LogP contribution in [-0.2, 0) is 17.8 Å². The number of nitrogens with zero attached hydrogens (tertiary/aromatic N) is 1. The Kier molecular flexibility index (Phi) is 6.78. The Bertz CT molecular complexity index is 696. The molecule has 3 rings (SSSR count). The Morgan fingerprint density at radius 2 is 1.73 bits per heavy atom. The normalized spacial score (nSPS) is 15.7. The molecular weight excluding hydrogens is 327 g/mol. The van der Waals surface area contributed by atoms with Crippen LogP contribution in [0.3, 0.4) is 0 Å². The fraction of sp³-hybridized carbons (Fsp3) is 0.409. The number of carbonyl (C=O) groups is 1. The standard InChI is InChI=1S/C22H27FN2O/c23-21-9-5-4-8-20(21)17-24-22(26)12-15-25-13-10-19(11-14-25)16-18-6-2-1-3-7-18/h1-9,19H,10-17H2,(H,24,26). The first-order valence-corrected chi connectivity index (χ1v) is 9.47. The van der Waals surface area contributed by atoms with E-state index in [1.54, 1.807) is 18.2 Å². The molecule has 0 bridgehead atoms. The average Bonchev–Trinajstić information content (AvgIpc) is 2.68. The second-order valence-corrected chi connectivity index (χ2v) is 7.09. The smallest absolute Gasteiger partial charge is 0.221 e. The van der Waals surface area contributed by atoms with Gasteiger partial charge in [-0.25, -0.2) is 4.39 Å². The van der Waals surface area contributed by atoms with E-state index < -0.39 is 0 Å². The summed E-state index contributed by atoms with van der Waals surface area (Å²) in [4.78, 5) is 14.4. The lowest BCUT2D eigenvalue weighted by Gasteiger charge is -2.31. The summed E-state index contributed by atoms with van der Waals surface area (Å²) in [6.45, 7) is 3.14. The number of amides is 1. The van der Waals surface area contributed by atoms with Crippen molar-refractivity contribution in [2.45, 2.75) is 32.2 Å². The van der Waals surface area contributed by atoms with Gasteiger partial charge in [-0.1, -0.05) is 48.5 Å². The van der Waals surface area contributed by atoms with Crippen LogP contribution in [0.2, 0.25) is 0 Å². The van der Waals surface area contributed by atoms with Crippen LogP contribution in [0, 0.1) is 11.7 Å². The molecule has 0 aliphatic carbocycles. The second kappa shape index (κ2) is 9.48. The Labute approximate surface area is 155 Å². The number of hydrogen-bond donors (Lipinski definition) is 1. The maximum atomic E-state index is 13.6. The minimum Gasteiger partial charge on any atom is -0.352 e. The van der Waals surface area contributed by atoms with E-state index in [1.807, 2.05) is 0 Å². The van der Waals surface area contributed by atoms with Gasteiger partial charge in [0.05, 0.1) is 0 Å². The van der Waals surface area contributed by atoms with Gasteiger partial charge in [0.2, 0.25) is 5.91 Å². The summed E-state index contributed by atoms with van der Waals surface area (Å²) < 4.78 is 13.6. The summed E-state index contributed by atoms with van der Waals surface area (Å²) in [6, 6.07) is 17.2. The molecule has 2 aromatic rings. The number of likely N-dealkylation sites (tertiary alicyclic amines) is 1. The zero-order valence-corrected chi connectivity index (χ0v) is 15.2. The minimum absolute atomic E-state index is 0.0142. The molecule has 0 aromatic heterocycles. The van der Waals surface area contributed by atoms with Crippen molar-refractivity contribution in [3.63, 3.8) is 0 Å². The number of nitrogens with one attached hydrogen (secondary N) is 1. The van der Waals surface area contributed by atoms with Crippen LogP contribution in [-0.4, -0.2) is 30.4 Å². The predicted octanol–water partition coefficient (Wildman–Crippen LogP) is 3.79. The first kappa shape index (κ1) is 18.6. The van der Waals surface area contributed by atoms with E-state index >= 15 is 0 Å². The Hall–Kier alpha value is -2.20. The van der Waals surface area contributed by atoms with Gasteiger partial charge in [0.15, 0.2) is 0 Å². The molecule has 0 radical (unpaired) electrons. The van der Waals surface area contributed by atoms with Crippen molar-refractivity contribution >= 4 is 5.91 Å². The molecular formula is C22H27FN2O. The molecule has 1 amide bonds. The van der Waals surface area contributed by atoms with Gasteiger partial charge in [-0.05, 0) is 49.9 Å². The van der Waals surface area contributed by atoms with Crippen molar-refractivity contribution in [3.05, 3.63) is 71.5 Å². The van der Waals surface area contributed by atoms with Gasteiger partial charge in [0.25, 0.3) is 0 Å². The van der Waals surface area contributed by atoms with E-state index in [2.05, 4.69) is 40.5 Å². The maximum absolute atomic E-state index is 13.6. The average molecular weight is 354 g/mol. The maximum Gasteiger partial charge on any atom is 0.221 e. The van der Waals surface area contributed by atoms with Gasteiger partial charge in [-0.15, -0.1) is 0 Å². The topological polar surface area (TPSA) is 32.3 Å². The highest BCUT2D eigenvalue weighted by atomic mass is 19.1. The van der Waals surface area contributed by atoms with Gasteiger partial charge in [0.1, 0.15) is 5.82 Å². The van der Waals surface area contributed by atoms with Gasteiger partial charge >= 0.3 is 0 Å². The second-order valence-electron chi connectivity index (χ2n) is 7.09. The van der Waals surface area contributed by atoms with Crippen LogP contribution in [0.4, 0.5) is 4.39 Å². The van der Waals surface area contributed by atoms with E-state index in [0.29, 0.717) is 12.0 Å². The van der Waals surface area contributed by atoms with Gasteiger partial charge in [0, 0.05) is 25.1 Å². The summed E-state index contributed by atoms with van der Waals surface area (Å²) in [6.07, 6.45) is 3.99.